The molecule has 0 radical (unpaired) electrons. The molecule has 0 aromatic carbocycles. The minimum absolute atomic E-state index is 0.321. The normalized spacial score (nSPS) is 14.5. The van der Waals surface area contributed by atoms with Crippen LogP contribution in [-0.2, 0) is 11.8 Å². The lowest BCUT2D eigenvalue weighted by Crippen LogP contribution is -2.53. The lowest BCUT2D eigenvalue weighted by Gasteiger charge is -2.26. The molecule has 1 amide bonds. The number of nitrogens with one attached hydrogen (secondary N) is 1. The molecule has 3 N–H and O–H groups in total. The third kappa shape index (κ3) is 3.71. The van der Waals surface area contributed by atoms with E-state index in [-0.39, 0.29) is 5.91 Å². The minimum Gasteiger partial charge on any atom is -0.368 e. The molecule has 1 aromatic rings. The van der Waals surface area contributed by atoms with E-state index in [2.05, 4.69) is 15.5 Å². The Morgan fingerprint density at radius 1 is 1.71 bits per heavy atom. The number of aryl methyl sites for hydroxylation is 1. The van der Waals surface area contributed by atoms with Crippen molar-refractivity contribution in [2.24, 2.45) is 12.8 Å². The molecule has 1 atom stereocenters. The number of carbonyl (C=O) groups excluding carboxylic acids is 1. The molecule has 1 aromatic heterocycles. The highest BCUT2D eigenvalue weighted by molar-refractivity contribution is 7.99. The highest BCUT2D eigenvalue weighted by Crippen LogP contribution is 2.19. The van der Waals surface area contributed by atoms with Crippen LogP contribution in [0, 0.1) is 0 Å². The second-order valence-electron chi connectivity index (χ2n) is 4.05. The predicted molar refractivity (Wildman–Crippen MR) is 67.6 cm³/mol. The first-order valence-electron chi connectivity index (χ1n) is 5.51. The van der Waals surface area contributed by atoms with Gasteiger partial charge < -0.3 is 15.6 Å². The summed E-state index contributed by atoms with van der Waals surface area (Å²) in [5, 5.41) is 11.7. The SMILES string of the molecule is CCNC(C)(CCSc1nncn1C)C(N)=O. The highest BCUT2D eigenvalue weighted by Gasteiger charge is 2.29. The summed E-state index contributed by atoms with van der Waals surface area (Å²) < 4.78 is 1.85. The summed E-state index contributed by atoms with van der Waals surface area (Å²) in [5.74, 6) is 0.441. The molecule has 1 rings (SSSR count). The molecule has 0 aliphatic carbocycles. The Labute approximate surface area is 105 Å². The summed E-state index contributed by atoms with van der Waals surface area (Å²) in [6.07, 6.45) is 2.31. The summed E-state index contributed by atoms with van der Waals surface area (Å²) in [4.78, 5) is 11.4. The van der Waals surface area contributed by atoms with Gasteiger partial charge in [0.1, 0.15) is 6.33 Å². The molecule has 7 heteroatoms. The third-order valence-electron chi connectivity index (χ3n) is 2.61. The Hall–Kier alpha value is -1.08. The number of hydrogen-bond acceptors (Lipinski definition) is 5. The van der Waals surface area contributed by atoms with Gasteiger partial charge in [0.2, 0.25) is 5.91 Å². The van der Waals surface area contributed by atoms with Gasteiger partial charge in [0.15, 0.2) is 5.16 Å². The average molecular weight is 257 g/mol. The first-order valence-corrected chi connectivity index (χ1v) is 6.50. The number of primary amides is 1. The molecule has 0 spiro atoms. The molecular formula is C10H19N5OS. The van der Waals surface area contributed by atoms with Crippen LogP contribution >= 0.6 is 11.8 Å². The number of amides is 1. The smallest absolute Gasteiger partial charge is 0.237 e. The molecule has 6 nitrogen and oxygen atoms in total. The number of hydrogen-bond donors (Lipinski definition) is 2. The Kier molecular flexibility index (Phi) is 4.95. The molecule has 0 saturated carbocycles. The Balaban J connectivity index is 2.48. The largest absolute Gasteiger partial charge is 0.368 e. The Bertz CT molecular complexity index is 381. The monoisotopic (exact) mass is 257 g/mol. The van der Waals surface area contributed by atoms with Gasteiger partial charge in [0, 0.05) is 12.8 Å². The first kappa shape index (κ1) is 14.0. The van der Waals surface area contributed by atoms with Gasteiger partial charge in [-0.2, -0.15) is 0 Å². The van der Waals surface area contributed by atoms with Crippen LogP contribution < -0.4 is 11.1 Å². The van der Waals surface area contributed by atoms with E-state index in [0.717, 1.165) is 10.9 Å². The molecule has 1 heterocycles. The Morgan fingerprint density at radius 3 is 2.88 bits per heavy atom. The third-order valence-corrected chi connectivity index (χ3v) is 3.65. The Morgan fingerprint density at radius 2 is 2.41 bits per heavy atom. The second kappa shape index (κ2) is 6.02. The molecule has 0 fully saturated rings. The van der Waals surface area contributed by atoms with Gasteiger partial charge in [-0.3, -0.25) is 4.79 Å². The van der Waals surface area contributed by atoms with Gasteiger partial charge in [0.25, 0.3) is 0 Å². The number of nitrogens with zero attached hydrogens (tertiary/aromatic N) is 3. The van der Waals surface area contributed by atoms with Crippen molar-refractivity contribution in [3.63, 3.8) is 0 Å². The molecule has 0 aliphatic heterocycles. The van der Waals surface area contributed by atoms with E-state index in [1.165, 1.54) is 0 Å². The number of nitrogens with two attached hydrogens (primary N) is 1. The summed E-state index contributed by atoms with van der Waals surface area (Å²) >= 11 is 1.57. The van der Waals surface area contributed by atoms with E-state index in [1.54, 1.807) is 18.1 Å². The zero-order chi connectivity index (χ0) is 12.9. The molecule has 96 valence electrons. The standard InChI is InChI=1S/C10H19N5OS/c1-4-12-10(2,8(11)16)5-6-17-9-14-13-7-15(9)3/h7,12H,4-6H2,1-3H3,(H2,11,16). The van der Waals surface area contributed by atoms with Gasteiger partial charge in [-0.05, 0) is 19.9 Å². The van der Waals surface area contributed by atoms with E-state index in [9.17, 15) is 4.79 Å². The van der Waals surface area contributed by atoms with E-state index >= 15 is 0 Å². The number of likely N-dealkylation sites (N-methyl/N-ethyl adjacent to an activating group) is 1. The number of rotatable bonds is 7. The topological polar surface area (TPSA) is 85.8 Å². The molecule has 0 saturated heterocycles. The van der Waals surface area contributed by atoms with E-state index < -0.39 is 5.54 Å². The van der Waals surface area contributed by atoms with Crippen LogP contribution in [0.3, 0.4) is 0 Å². The van der Waals surface area contributed by atoms with E-state index in [0.29, 0.717) is 13.0 Å². The summed E-state index contributed by atoms with van der Waals surface area (Å²) in [6.45, 7) is 4.50. The van der Waals surface area contributed by atoms with Crippen molar-refractivity contribution in [1.29, 1.82) is 0 Å². The summed E-state index contributed by atoms with van der Waals surface area (Å²) in [7, 11) is 1.89. The van der Waals surface area contributed by atoms with Crippen molar-refractivity contribution >= 4 is 17.7 Å². The molecule has 1 unspecified atom stereocenters. The molecule has 0 bridgehead atoms. The maximum absolute atomic E-state index is 11.4. The quantitative estimate of drug-likeness (QED) is 0.679. The summed E-state index contributed by atoms with van der Waals surface area (Å²) in [5.41, 5.74) is 4.75. The van der Waals surface area contributed by atoms with Crippen LogP contribution in [0.5, 0.6) is 0 Å². The van der Waals surface area contributed by atoms with E-state index in [4.69, 9.17) is 5.73 Å². The zero-order valence-electron chi connectivity index (χ0n) is 10.4. The fraction of sp³-hybridized carbons (Fsp3) is 0.700. The van der Waals surface area contributed by atoms with Crippen molar-refractivity contribution in [3.05, 3.63) is 6.33 Å². The fourth-order valence-electron chi connectivity index (χ4n) is 1.44. The molecular weight excluding hydrogens is 238 g/mol. The van der Waals surface area contributed by atoms with Crippen molar-refractivity contribution in [2.45, 2.75) is 31.0 Å². The van der Waals surface area contributed by atoms with Crippen molar-refractivity contribution in [1.82, 2.24) is 20.1 Å². The maximum atomic E-state index is 11.4. The number of thioether (sulfide) groups is 1. The predicted octanol–water partition coefficient (Wildman–Crippen LogP) is 0.151. The van der Waals surface area contributed by atoms with Gasteiger partial charge in [-0.15, -0.1) is 10.2 Å². The average Bonchev–Trinajstić information content (AvgIpc) is 2.65. The number of aromatic nitrogens is 3. The van der Waals surface area contributed by atoms with Crippen LogP contribution in [-0.4, -0.2) is 38.5 Å². The van der Waals surface area contributed by atoms with Crippen molar-refractivity contribution in [3.8, 4) is 0 Å². The molecule has 17 heavy (non-hydrogen) atoms. The minimum atomic E-state index is -0.652. The van der Waals surface area contributed by atoms with Crippen LogP contribution in [0.15, 0.2) is 11.5 Å². The van der Waals surface area contributed by atoms with Crippen LogP contribution in [0.25, 0.3) is 0 Å². The van der Waals surface area contributed by atoms with Gasteiger partial charge >= 0.3 is 0 Å². The second-order valence-corrected chi connectivity index (χ2v) is 5.11. The fourth-order valence-corrected chi connectivity index (χ4v) is 2.49. The van der Waals surface area contributed by atoms with Crippen molar-refractivity contribution in [2.75, 3.05) is 12.3 Å². The van der Waals surface area contributed by atoms with Gasteiger partial charge in [0.05, 0.1) is 5.54 Å². The highest BCUT2D eigenvalue weighted by atomic mass is 32.2. The number of carbonyl (C=O) groups is 1. The molecule has 0 aliphatic rings. The lowest BCUT2D eigenvalue weighted by molar-refractivity contribution is -0.123. The van der Waals surface area contributed by atoms with Crippen molar-refractivity contribution < 1.29 is 4.79 Å². The lowest BCUT2D eigenvalue weighted by atomic mass is 9.98. The van der Waals surface area contributed by atoms with Gasteiger partial charge in [-0.25, -0.2) is 0 Å². The van der Waals surface area contributed by atoms with Crippen LogP contribution in [0.4, 0.5) is 0 Å². The summed E-state index contributed by atoms with van der Waals surface area (Å²) in [6, 6.07) is 0. The zero-order valence-corrected chi connectivity index (χ0v) is 11.3. The maximum Gasteiger partial charge on any atom is 0.237 e. The van der Waals surface area contributed by atoms with Gasteiger partial charge in [-0.1, -0.05) is 18.7 Å². The van der Waals surface area contributed by atoms with Crippen LogP contribution in [0.1, 0.15) is 20.3 Å². The first-order chi connectivity index (χ1) is 7.99. The van der Waals surface area contributed by atoms with Crippen LogP contribution in [0.2, 0.25) is 0 Å². The van der Waals surface area contributed by atoms with E-state index in [1.807, 2.05) is 25.5 Å².